The molecule has 19 heavy (non-hydrogen) atoms. The molecule has 0 aliphatic heterocycles. The highest BCUT2D eigenvalue weighted by atomic mass is 16.4. The molecule has 0 saturated heterocycles. The summed E-state index contributed by atoms with van der Waals surface area (Å²) >= 11 is 0. The second-order valence-electron chi connectivity index (χ2n) is 4.83. The lowest BCUT2D eigenvalue weighted by Crippen LogP contribution is -2.35. The van der Waals surface area contributed by atoms with E-state index < -0.39 is 5.97 Å². The van der Waals surface area contributed by atoms with Crippen molar-refractivity contribution in [1.82, 2.24) is 14.7 Å². The molecule has 0 atom stereocenters. The van der Waals surface area contributed by atoms with Crippen molar-refractivity contribution in [3.63, 3.8) is 0 Å². The van der Waals surface area contributed by atoms with Crippen molar-refractivity contribution in [3.05, 3.63) is 29.8 Å². The molecule has 0 aromatic carbocycles. The van der Waals surface area contributed by atoms with Crippen LogP contribution in [0.25, 0.3) is 5.52 Å². The molecular formula is C13H15N3O3. The molecule has 1 aliphatic carbocycles. The maximum Gasteiger partial charge on any atom is 0.356 e. The maximum atomic E-state index is 11.2. The molecule has 1 saturated carbocycles. The Morgan fingerprint density at radius 2 is 2.26 bits per heavy atom. The van der Waals surface area contributed by atoms with Crippen LogP contribution in [0.5, 0.6) is 5.75 Å². The Hall–Kier alpha value is -2.08. The third-order valence-corrected chi connectivity index (χ3v) is 3.55. The second kappa shape index (κ2) is 4.55. The lowest BCUT2D eigenvalue weighted by molar-refractivity contribution is 0.0693. The van der Waals surface area contributed by atoms with Crippen molar-refractivity contribution in [2.45, 2.75) is 31.8 Å². The third kappa shape index (κ3) is 2.15. The fourth-order valence-electron chi connectivity index (χ4n) is 2.27. The number of imidazole rings is 1. The van der Waals surface area contributed by atoms with E-state index in [-0.39, 0.29) is 11.4 Å². The number of hydrogen-bond donors (Lipinski definition) is 3. The Labute approximate surface area is 109 Å². The second-order valence-corrected chi connectivity index (χ2v) is 4.83. The van der Waals surface area contributed by atoms with Crippen molar-refractivity contribution in [1.29, 1.82) is 0 Å². The molecule has 2 aromatic heterocycles. The van der Waals surface area contributed by atoms with Gasteiger partial charge in [0.15, 0.2) is 5.69 Å². The quantitative estimate of drug-likeness (QED) is 0.774. The Kier molecular flexibility index (Phi) is 2.87. The third-order valence-electron chi connectivity index (χ3n) is 3.55. The van der Waals surface area contributed by atoms with E-state index in [1.54, 1.807) is 10.5 Å². The van der Waals surface area contributed by atoms with Gasteiger partial charge in [-0.2, -0.15) is 0 Å². The summed E-state index contributed by atoms with van der Waals surface area (Å²) in [6, 6.07) is 3.53. The van der Waals surface area contributed by atoms with Crippen LogP contribution in [0.3, 0.4) is 0 Å². The zero-order valence-electron chi connectivity index (χ0n) is 10.3. The van der Waals surface area contributed by atoms with Gasteiger partial charge in [-0.1, -0.05) is 6.42 Å². The van der Waals surface area contributed by atoms with Gasteiger partial charge >= 0.3 is 5.97 Å². The van der Waals surface area contributed by atoms with Crippen molar-refractivity contribution in [2.24, 2.45) is 0 Å². The Bertz CT molecular complexity index is 631. The van der Waals surface area contributed by atoms with Gasteiger partial charge in [0.2, 0.25) is 0 Å². The van der Waals surface area contributed by atoms with Gasteiger partial charge in [0, 0.05) is 6.04 Å². The maximum absolute atomic E-state index is 11.2. The predicted octanol–water partition coefficient (Wildman–Crippen LogP) is 1.38. The minimum Gasteiger partial charge on any atom is -0.506 e. The first-order chi connectivity index (χ1) is 9.15. The van der Waals surface area contributed by atoms with Gasteiger partial charge in [-0.25, -0.2) is 9.78 Å². The average Bonchev–Trinajstić information content (AvgIpc) is 2.66. The highest BCUT2D eigenvalue weighted by molar-refractivity contribution is 5.93. The zero-order chi connectivity index (χ0) is 13.4. The standard InChI is InChI=1S/C13H15N3O3/c17-9-4-5-10-12(13(18)19)15-11(16(10)7-9)6-14-8-2-1-3-8/h4-5,7-8,14,17H,1-3,6H2,(H,18,19). The average molecular weight is 261 g/mol. The Morgan fingerprint density at radius 3 is 2.89 bits per heavy atom. The molecule has 0 spiro atoms. The van der Waals surface area contributed by atoms with E-state index in [2.05, 4.69) is 10.3 Å². The van der Waals surface area contributed by atoms with E-state index >= 15 is 0 Å². The highest BCUT2D eigenvalue weighted by Gasteiger charge is 2.20. The van der Waals surface area contributed by atoms with Crippen molar-refractivity contribution < 1.29 is 15.0 Å². The van der Waals surface area contributed by atoms with E-state index in [0.717, 1.165) is 12.8 Å². The first-order valence-electron chi connectivity index (χ1n) is 6.32. The number of aromatic hydroxyl groups is 1. The van der Waals surface area contributed by atoms with Gasteiger partial charge < -0.3 is 15.5 Å². The molecule has 0 amide bonds. The van der Waals surface area contributed by atoms with E-state index in [4.69, 9.17) is 5.11 Å². The minimum absolute atomic E-state index is 0.0189. The van der Waals surface area contributed by atoms with Crippen LogP contribution in [0.1, 0.15) is 35.6 Å². The molecule has 0 bridgehead atoms. The summed E-state index contributed by atoms with van der Waals surface area (Å²) in [6.07, 6.45) is 5.04. The lowest BCUT2D eigenvalue weighted by atomic mass is 9.93. The van der Waals surface area contributed by atoms with Crippen LogP contribution in [-0.2, 0) is 6.54 Å². The van der Waals surface area contributed by atoms with Gasteiger partial charge in [-0.3, -0.25) is 4.40 Å². The summed E-state index contributed by atoms with van der Waals surface area (Å²) in [5.74, 6) is -0.361. The van der Waals surface area contributed by atoms with Gasteiger partial charge in [0.1, 0.15) is 11.6 Å². The molecule has 6 heteroatoms. The van der Waals surface area contributed by atoms with Crippen molar-refractivity contribution >= 4 is 11.5 Å². The SMILES string of the molecule is O=C(O)c1nc(CNC2CCC2)n2cc(O)ccc12. The van der Waals surface area contributed by atoms with Crippen LogP contribution < -0.4 is 5.32 Å². The van der Waals surface area contributed by atoms with Crippen LogP contribution in [0.4, 0.5) is 0 Å². The number of pyridine rings is 1. The van der Waals surface area contributed by atoms with Gasteiger partial charge in [0.25, 0.3) is 0 Å². The smallest absolute Gasteiger partial charge is 0.356 e. The summed E-state index contributed by atoms with van der Waals surface area (Å²) in [7, 11) is 0. The van der Waals surface area contributed by atoms with Gasteiger partial charge in [-0.15, -0.1) is 0 Å². The van der Waals surface area contributed by atoms with Crippen LogP contribution in [0, 0.1) is 0 Å². The number of carbonyl (C=O) groups is 1. The Morgan fingerprint density at radius 1 is 1.47 bits per heavy atom. The summed E-state index contributed by atoms with van der Waals surface area (Å²) in [5, 5.41) is 22.0. The van der Waals surface area contributed by atoms with Crippen LogP contribution in [0.2, 0.25) is 0 Å². The van der Waals surface area contributed by atoms with Crippen molar-refractivity contribution in [2.75, 3.05) is 0 Å². The molecule has 1 fully saturated rings. The number of carboxylic acid groups (broad SMARTS) is 1. The molecule has 100 valence electrons. The molecule has 1 aliphatic rings. The molecule has 2 heterocycles. The van der Waals surface area contributed by atoms with Crippen LogP contribution in [0.15, 0.2) is 18.3 Å². The number of aromatic carboxylic acids is 1. The van der Waals surface area contributed by atoms with Gasteiger partial charge in [-0.05, 0) is 25.0 Å². The monoisotopic (exact) mass is 261 g/mol. The number of carboxylic acids is 1. The molecular weight excluding hydrogens is 246 g/mol. The normalized spacial score (nSPS) is 15.6. The summed E-state index contributed by atoms with van der Waals surface area (Å²) in [4.78, 5) is 15.3. The molecule has 0 radical (unpaired) electrons. The number of rotatable bonds is 4. The van der Waals surface area contributed by atoms with E-state index in [1.165, 1.54) is 18.7 Å². The van der Waals surface area contributed by atoms with E-state index in [9.17, 15) is 9.90 Å². The largest absolute Gasteiger partial charge is 0.506 e. The van der Waals surface area contributed by atoms with Crippen molar-refractivity contribution in [3.8, 4) is 5.75 Å². The lowest BCUT2D eigenvalue weighted by Gasteiger charge is -2.26. The molecule has 0 unspecified atom stereocenters. The Balaban J connectivity index is 1.96. The number of nitrogens with zero attached hydrogens (tertiary/aromatic N) is 2. The predicted molar refractivity (Wildman–Crippen MR) is 68.3 cm³/mol. The fraction of sp³-hybridized carbons (Fsp3) is 0.385. The number of nitrogens with one attached hydrogen (secondary N) is 1. The molecule has 2 aromatic rings. The summed E-state index contributed by atoms with van der Waals surface area (Å²) in [5.41, 5.74) is 0.515. The van der Waals surface area contributed by atoms with Gasteiger partial charge in [0.05, 0.1) is 18.3 Å². The highest BCUT2D eigenvalue weighted by Crippen LogP contribution is 2.20. The number of fused-ring (bicyclic) bond motifs is 1. The molecule has 6 nitrogen and oxygen atoms in total. The number of aromatic nitrogens is 2. The zero-order valence-corrected chi connectivity index (χ0v) is 10.3. The molecule has 3 N–H and O–H groups in total. The van der Waals surface area contributed by atoms with E-state index in [0.29, 0.717) is 23.9 Å². The minimum atomic E-state index is -1.06. The fourth-order valence-corrected chi connectivity index (χ4v) is 2.27. The van der Waals surface area contributed by atoms with Crippen LogP contribution >= 0.6 is 0 Å². The van der Waals surface area contributed by atoms with E-state index in [1.807, 2.05) is 0 Å². The summed E-state index contributed by atoms with van der Waals surface area (Å²) in [6.45, 7) is 0.503. The topological polar surface area (TPSA) is 86.9 Å². The number of hydrogen-bond acceptors (Lipinski definition) is 4. The summed E-state index contributed by atoms with van der Waals surface area (Å²) < 4.78 is 1.63. The first-order valence-corrected chi connectivity index (χ1v) is 6.32. The molecule has 3 rings (SSSR count). The first kappa shape index (κ1) is 12.0. The van der Waals surface area contributed by atoms with Crippen LogP contribution in [-0.4, -0.2) is 31.6 Å².